The second-order valence-electron chi connectivity index (χ2n) is 4.71. The van der Waals surface area contributed by atoms with Gasteiger partial charge in [-0.1, -0.05) is 6.92 Å². The minimum absolute atomic E-state index is 0.113. The van der Waals surface area contributed by atoms with Crippen LogP contribution in [0.3, 0.4) is 0 Å². The van der Waals surface area contributed by atoms with Crippen molar-refractivity contribution in [3.63, 3.8) is 0 Å². The molecule has 24 heavy (non-hydrogen) atoms. The zero-order valence-electron chi connectivity index (χ0n) is 12.2. The maximum Gasteiger partial charge on any atom is 0.417 e. The fourth-order valence-electron chi connectivity index (χ4n) is 2.05. The number of hydrogen-bond acceptors (Lipinski definition) is 6. The van der Waals surface area contributed by atoms with E-state index in [0.29, 0.717) is 28.5 Å². The van der Waals surface area contributed by atoms with E-state index in [-0.39, 0.29) is 5.69 Å². The highest BCUT2D eigenvalue weighted by molar-refractivity contribution is 7.15. The maximum absolute atomic E-state index is 12.6. The molecule has 0 amide bonds. The standard InChI is InChI=1S/C14H9F3N6S/c1-2-10-12(11-9(5-18)21-23-22-11)20-13(24-10)8-4-3-7(6-19-8)14(15,16)17/h3-4,6H,2H2,1H3,(H,21,22,23). The van der Waals surface area contributed by atoms with Gasteiger partial charge in [0.25, 0.3) is 0 Å². The third kappa shape index (κ3) is 2.85. The molecule has 0 saturated carbocycles. The lowest BCUT2D eigenvalue weighted by Gasteiger charge is -2.05. The lowest BCUT2D eigenvalue weighted by molar-refractivity contribution is -0.137. The Labute approximate surface area is 138 Å². The number of thiazole rings is 1. The Morgan fingerprint density at radius 3 is 2.62 bits per heavy atom. The first-order chi connectivity index (χ1) is 11.4. The topological polar surface area (TPSA) is 91.1 Å². The van der Waals surface area contributed by atoms with Crippen molar-refractivity contribution in [3.05, 3.63) is 34.5 Å². The second kappa shape index (κ2) is 6.01. The molecule has 0 radical (unpaired) electrons. The minimum Gasteiger partial charge on any atom is -0.253 e. The summed E-state index contributed by atoms with van der Waals surface area (Å²) in [5, 5.41) is 19.6. The Hall–Kier alpha value is -2.80. The van der Waals surface area contributed by atoms with Gasteiger partial charge in [0.2, 0.25) is 0 Å². The number of nitrogens with one attached hydrogen (secondary N) is 1. The van der Waals surface area contributed by atoms with Crippen molar-refractivity contribution < 1.29 is 13.2 Å². The summed E-state index contributed by atoms with van der Waals surface area (Å²) in [4.78, 5) is 9.09. The van der Waals surface area contributed by atoms with Gasteiger partial charge < -0.3 is 0 Å². The molecule has 0 spiro atoms. The van der Waals surface area contributed by atoms with E-state index in [9.17, 15) is 13.2 Å². The van der Waals surface area contributed by atoms with Crippen molar-refractivity contribution in [2.45, 2.75) is 19.5 Å². The van der Waals surface area contributed by atoms with Crippen LogP contribution in [-0.2, 0) is 12.6 Å². The molecule has 3 aromatic heterocycles. The lowest BCUT2D eigenvalue weighted by atomic mass is 10.2. The number of aryl methyl sites for hydroxylation is 1. The molecule has 0 unspecified atom stereocenters. The molecule has 0 saturated heterocycles. The molecule has 10 heteroatoms. The first kappa shape index (κ1) is 16.1. The third-order valence-electron chi connectivity index (χ3n) is 3.21. The van der Waals surface area contributed by atoms with Crippen molar-refractivity contribution in [3.8, 4) is 28.2 Å². The number of nitrogens with zero attached hydrogens (tertiary/aromatic N) is 5. The van der Waals surface area contributed by atoms with E-state index < -0.39 is 11.7 Å². The van der Waals surface area contributed by atoms with Gasteiger partial charge >= 0.3 is 6.18 Å². The highest BCUT2D eigenvalue weighted by atomic mass is 32.1. The van der Waals surface area contributed by atoms with Gasteiger partial charge in [0.1, 0.15) is 16.8 Å². The Kier molecular flexibility index (Phi) is 4.02. The van der Waals surface area contributed by atoms with E-state index >= 15 is 0 Å². The SMILES string of the molecule is CCc1sc(-c2ccc(C(F)(F)F)cn2)nc1-c1n[nH]nc1C#N. The Morgan fingerprint density at radius 2 is 2.04 bits per heavy atom. The van der Waals surface area contributed by atoms with Crippen LogP contribution in [0, 0.1) is 11.3 Å². The first-order valence-electron chi connectivity index (χ1n) is 6.78. The first-order valence-corrected chi connectivity index (χ1v) is 7.60. The number of pyridine rings is 1. The molecule has 3 aromatic rings. The molecule has 0 bridgehead atoms. The van der Waals surface area contributed by atoms with Gasteiger partial charge in [-0.25, -0.2) is 4.98 Å². The highest BCUT2D eigenvalue weighted by Crippen LogP contribution is 2.35. The second-order valence-corrected chi connectivity index (χ2v) is 5.79. The highest BCUT2D eigenvalue weighted by Gasteiger charge is 2.31. The van der Waals surface area contributed by atoms with Crippen LogP contribution in [0.4, 0.5) is 13.2 Å². The molecule has 0 aliphatic carbocycles. The van der Waals surface area contributed by atoms with Crippen LogP contribution in [0.1, 0.15) is 23.1 Å². The zero-order valence-corrected chi connectivity index (χ0v) is 13.0. The summed E-state index contributed by atoms with van der Waals surface area (Å²) >= 11 is 1.30. The van der Waals surface area contributed by atoms with Crippen LogP contribution in [0.2, 0.25) is 0 Å². The van der Waals surface area contributed by atoms with Crippen molar-refractivity contribution in [2.24, 2.45) is 0 Å². The fourth-order valence-corrected chi connectivity index (χ4v) is 3.03. The molecule has 0 atom stereocenters. The number of nitriles is 1. The summed E-state index contributed by atoms with van der Waals surface area (Å²) in [5.41, 5.74) is 0.438. The number of aromatic amines is 1. The van der Waals surface area contributed by atoms with Gasteiger partial charge in [-0.2, -0.15) is 28.7 Å². The van der Waals surface area contributed by atoms with Crippen LogP contribution in [0.25, 0.3) is 22.1 Å². The summed E-state index contributed by atoms with van der Waals surface area (Å²) < 4.78 is 37.8. The summed E-state index contributed by atoms with van der Waals surface area (Å²) in [5.74, 6) is 0. The molecule has 122 valence electrons. The molecular weight excluding hydrogens is 341 g/mol. The summed E-state index contributed by atoms with van der Waals surface area (Å²) in [7, 11) is 0. The molecule has 3 heterocycles. The van der Waals surface area contributed by atoms with E-state index in [4.69, 9.17) is 5.26 Å². The summed E-state index contributed by atoms with van der Waals surface area (Å²) in [6.07, 6.45) is -3.03. The molecule has 1 N–H and O–H groups in total. The van der Waals surface area contributed by atoms with Crippen molar-refractivity contribution in [1.82, 2.24) is 25.4 Å². The van der Waals surface area contributed by atoms with Crippen molar-refractivity contribution >= 4 is 11.3 Å². The molecule has 0 aromatic carbocycles. The Balaban J connectivity index is 2.03. The molecular formula is C14H9F3N6S. The number of H-pyrrole nitrogens is 1. The Bertz CT molecular complexity index is 904. The Morgan fingerprint density at radius 1 is 1.25 bits per heavy atom. The van der Waals surface area contributed by atoms with Crippen molar-refractivity contribution in [1.29, 1.82) is 5.26 Å². The van der Waals surface area contributed by atoms with Crippen molar-refractivity contribution in [2.75, 3.05) is 0 Å². The monoisotopic (exact) mass is 350 g/mol. The van der Waals surface area contributed by atoms with E-state index in [0.717, 1.165) is 17.1 Å². The largest absolute Gasteiger partial charge is 0.417 e. The van der Waals surface area contributed by atoms with Gasteiger partial charge in [-0.15, -0.1) is 16.4 Å². The van der Waals surface area contributed by atoms with Gasteiger partial charge in [-0.3, -0.25) is 4.98 Å². The summed E-state index contributed by atoms with van der Waals surface area (Å²) in [6.45, 7) is 1.91. The van der Waals surface area contributed by atoms with Gasteiger partial charge in [0.15, 0.2) is 11.4 Å². The predicted molar refractivity (Wildman–Crippen MR) is 79.8 cm³/mol. The van der Waals surface area contributed by atoms with Crippen LogP contribution < -0.4 is 0 Å². The summed E-state index contributed by atoms with van der Waals surface area (Å²) in [6, 6.07) is 4.16. The zero-order chi connectivity index (χ0) is 17.3. The molecule has 0 fully saturated rings. The minimum atomic E-state index is -4.43. The number of alkyl halides is 3. The number of hydrogen-bond donors (Lipinski definition) is 1. The fraction of sp³-hybridized carbons (Fsp3) is 0.214. The molecule has 0 aliphatic rings. The van der Waals surface area contributed by atoms with E-state index in [1.807, 2.05) is 13.0 Å². The van der Waals surface area contributed by atoms with Gasteiger partial charge in [-0.05, 0) is 18.6 Å². The third-order valence-corrected chi connectivity index (χ3v) is 4.43. The molecule has 6 nitrogen and oxygen atoms in total. The number of aromatic nitrogens is 5. The van der Waals surface area contributed by atoms with Crippen LogP contribution >= 0.6 is 11.3 Å². The van der Waals surface area contributed by atoms with Gasteiger partial charge in [0.05, 0.1) is 11.3 Å². The number of rotatable bonds is 3. The molecule has 3 rings (SSSR count). The average molecular weight is 350 g/mol. The number of halogens is 3. The van der Waals surface area contributed by atoms with E-state index in [1.54, 1.807) is 0 Å². The molecule has 0 aliphatic heterocycles. The van der Waals surface area contributed by atoms with Crippen LogP contribution in [-0.4, -0.2) is 25.4 Å². The lowest BCUT2D eigenvalue weighted by Crippen LogP contribution is -2.05. The van der Waals surface area contributed by atoms with E-state index in [2.05, 4.69) is 25.4 Å². The average Bonchev–Trinajstić information content (AvgIpc) is 3.20. The quantitative estimate of drug-likeness (QED) is 0.781. The normalized spacial score (nSPS) is 11.5. The van der Waals surface area contributed by atoms with E-state index in [1.165, 1.54) is 17.4 Å². The predicted octanol–water partition coefficient (Wildman–Crippen LogP) is 3.44. The van der Waals surface area contributed by atoms with Crippen LogP contribution in [0.5, 0.6) is 0 Å². The maximum atomic E-state index is 12.6. The van der Waals surface area contributed by atoms with Gasteiger partial charge in [0, 0.05) is 11.1 Å². The smallest absolute Gasteiger partial charge is 0.253 e. The van der Waals surface area contributed by atoms with Crippen LogP contribution in [0.15, 0.2) is 18.3 Å².